The zero-order valence-corrected chi connectivity index (χ0v) is 12.1. The van der Waals surface area contributed by atoms with Crippen LogP contribution >= 0.6 is 22.9 Å². The number of thiophene rings is 1. The van der Waals surface area contributed by atoms with Crippen LogP contribution in [0.5, 0.6) is 0 Å². The lowest BCUT2D eigenvalue weighted by Gasteiger charge is -2.06. The monoisotopic (exact) mass is 322 g/mol. The minimum atomic E-state index is -0.630. The van der Waals surface area contributed by atoms with Gasteiger partial charge in [0.25, 0.3) is 17.7 Å². The van der Waals surface area contributed by atoms with Crippen molar-refractivity contribution >= 4 is 46.5 Å². The number of carbonyl (C=O) groups is 3. The number of hydrogen-bond donors (Lipinski definition) is 2. The Hall–Kier alpha value is -2.32. The number of aryl methyl sites for hydroxylation is 1. The van der Waals surface area contributed by atoms with Gasteiger partial charge >= 0.3 is 0 Å². The van der Waals surface area contributed by atoms with Gasteiger partial charge in [0.2, 0.25) is 0 Å². The van der Waals surface area contributed by atoms with E-state index in [-0.39, 0.29) is 22.9 Å². The van der Waals surface area contributed by atoms with Gasteiger partial charge in [0.1, 0.15) is 22.9 Å². The molecule has 2 aromatic heterocycles. The van der Waals surface area contributed by atoms with Crippen molar-refractivity contribution in [3.63, 3.8) is 0 Å². The number of amides is 3. The SMILES string of the molecule is Cc1nc(NC(=O)c2ccc(Cl)s2)c2c(n1)C(=O)NC2=O. The molecular weight excluding hydrogens is 316 g/mol. The van der Waals surface area contributed by atoms with Crippen molar-refractivity contribution in [1.29, 1.82) is 0 Å². The number of fused-ring (bicyclic) bond motifs is 1. The molecule has 1 aliphatic rings. The smallest absolute Gasteiger partial charge is 0.277 e. The molecule has 0 fully saturated rings. The molecule has 2 N–H and O–H groups in total. The van der Waals surface area contributed by atoms with Crippen LogP contribution in [0.1, 0.15) is 36.3 Å². The summed E-state index contributed by atoms with van der Waals surface area (Å²) >= 11 is 6.87. The molecule has 3 heterocycles. The van der Waals surface area contributed by atoms with Crippen molar-refractivity contribution in [2.24, 2.45) is 0 Å². The van der Waals surface area contributed by atoms with E-state index in [1.54, 1.807) is 19.1 Å². The van der Waals surface area contributed by atoms with E-state index in [0.717, 1.165) is 11.3 Å². The lowest BCUT2D eigenvalue weighted by atomic mass is 10.2. The van der Waals surface area contributed by atoms with Crippen molar-refractivity contribution in [1.82, 2.24) is 15.3 Å². The molecule has 9 heteroatoms. The zero-order chi connectivity index (χ0) is 15.1. The van der Waals surface area contributed by atoms with E-state index in [4.69, 9.17) is 11.6 Å². The Kier molecular flexibility index (Phi) is 3.19. The second-order valence-electron chi connectivity index (χ2n) is 4.18. The van der Waals surface area contributed by atoms with Gasteiger partial charge in [-0.3, -0.25) is 19.7 Å². The van der Waals surface area contributed by atoms with E-state index in [1.165, 1.54) is 0 Å². The van der Waals surface area contributed by atoms with Crippen molar-refractivity contribution in [3.05, 3.63) is 38.4 Å². The number of rotatable bonds is 2. The summed E-state index contributed by atoms with van der Waals surface area (Å²) in [5.74, 6) is -1.41. The number of aromatic nitrogens is 2. The summed E-state index contributed by atoms with van der Waals surface area (Å²) < 4.78 is 0.470. The fourth-order valence-corrected chi connectivity index (χ4v) is 2.81. The highest BCUT2D eigenvalue weighted by molar-refractivity contribution is 7.18. The molecule has 7 nitrogen and oxygen atoms in total. The average Bonchev–Trinajstić information content (AvgIpc) is 2.94. The van der Waals surface area contributed by atoms with Crippen LogP contribution in [-0.4, -0.2) is 27.7 Å². The van der Waals surface area contributed by atoms with Crippen LogP contribution in [-0.2, 0) is 0 Å². The fraction of sp³-hybridized carbons (Fsp3) is 0.0833. The molecule has 1 aliphatic heterocycles. The van der Waals surface area contributed by atoms with Crippen molar-refractivity contribution in [2.45, 2.75) is 6.92 Å². The third kappa shape index (κ3) is 2.39. The Labute approximate surface area is 127 Å². The molecular formula is C12H7ClN4O3S. The van der Waals surface area contributed by atoms with Gasteiger partial charge in [-0.2, -0.15) is 0 Å². The third-order valence-electron chi connectivity index (χ3n) is 2.72. The summed E-state index contributed by atoms with van der Waals surface area (Å²) in [6, 6.07) is 3.15. The molecule has 106 valence electrons. The van der Waals surface area contributed by atoms with Gasteiger partial charge in [-0.15, -0.1) is 11.3 Å². The number of halogens is 1. The second-order valence-corrected chi connectivity index (χ2v) is 5.90. The number of nitrogens with one attached hydrogen (secondary N) is 2. The minimum Gasteiger partial charge on any atom is -0.305 e. The lowest BCUT2D eigenvalue weighted by Crippen LogP contribution is -2.21. The van der Waals surface area contributed by atoms with Gasteiger partial charge in [0.15, 0.2) is 0 Å². The summed E-state index contributed by atoms with van der Waals surface area (Å²) in [5.41, 5.74) is -0.0615. The lowest BCUT2D eigenvalue weighted by molar-refractivity contribution is 0.0878. The second kappa shape index (κ2) is 4.90. The van der Waals surface area contributed by atoms with Crippen molar-refractivity contribution in [2.75, 3.05) is 5.32 Å². The Morgan fingerprint density at radius 3 is 2.71 bits per heavy atom. The normalized spacial score (nSPS) is 13.0. The molecule has 0 aromatic carbocycles. The molecule has 3 amide bonds. The highest BCUT2D eigenvalue weighted by Gasteiger charge is 2.33. The number of nitrogens with zero attached hydrogens (tertiary/aromatic N) is 2. The van der Waals surface area contributed by atoms with Gasteiger partial charge in [0, 0.05) is 0 Å². The van der Waals surface area contributed by atoms with Crippen LogP contribution in [0.3, 0.4) is 0 Å². The molecule has 21 heavy (non-hydrogen) atoms. The van der Waals surface area contributed by atoms with Gasteiger partial charge in [-0.1, -0.05) is 11.6 Å². The Morgan fingerprint density at radius 2 is 2.05 bits per heavy atom. The quantitative estimate of drug-likeness (QED) is 0.818. The predicted molar refractivity (Wildman–Crippen MR) is 75.8 cm³/mol. The summed E-state index contributed by atoms with van der Waals surface area (Å²) in [7, 11) is 0. The standard InChI is InChI=1S/C12H7ClN4O3S/c1-4-14-8-7(11(19)17-12(8)20)9(15-4)16-10(18)5-2-3-6(13)21-5/h2-3H,1H3,(H,17,19,20)(H,14,15,16,18). The van der Waals surface area contributed by atoms with Gasteiger partial charge < -0.3 is 5.32 Å². The maximum absolute atomic E-state index is 12.1. The molecule has 0 saturated heterocycles. The third-order valence-corrected chi connectivity index (χ3v) is 3.95. The van der Waals surface area contributed by atoms with Crippen LogP contribution in [0, 0.1) is 6.92 Å². The van der Waals surface area contributed by atoms with E-state index in [0.29, 0.717) is 9.21 Å². The summed E-state index contributed by atoms with van der Waals surface area (Å²) in [6.45, 7) is 1.56. The zero-order valence-electron chi connectivity index (χ0n) is 10.6. The Balaban J connectivity index is 2.00. The molecule has 0 unspecified atom stereocenters. The van der Waals surface area contributed by atoms with Gasteiger partial charge in [-0.25, -0.2) is 9.97 Å². The van der Waals surface area contributed by atoms with Gasteiger partial charge in [-0.05, 0) is 19.1 Å². The van der Waals surface area contributed by atoms with Gasteiger partial charge in [0.05, 0.1) is 9.21 Å². The van der Waals surface area contributed by atoms with Crippen LogP contribution in [0.2, 0.25) is 4.34 Å². The van der Waals surface area contributed by atoms with Crippen LogP contribution in [0.4, 0.5) is 5.82 Å². The van der Waals surface area contributed by atoms with Crippen molar-refractivity contribution in [3.8, 4) is 0 Å². The molecule has 0 atom stereocenters. The van der Waals surface area contributed by atoms with Crippen molar-refractivity contribution < 1.29 is 14.4 Å². The summed E-state index contributed by atoms with van der Waals surface area (Å²) in [6.07, 6.45) is 0. The van der Waals surface area contributed by atoms with Crippen LogP contribution < -0.4 is 10.6 Å². The predicted octanol–water partition coefficient (Wildman–Crippen LogP) is 1.64. The first kappa shape index (κ1) is 13.7. The van der Waals surface area contributed by atoms with Crippen LogP contribution in [0.25, 0.3) is 0 Å². The molecule has 0 aliphatic carbocycles. The largest absolute Gasteiger partial charge is 0.305 e. The van der Waals surface area contributed by atoms with E-state index < -0.39 is 17.7 Å². The topological polar surface area (TPSA) is 101 Å². The first-order valence-electron chi connectivity index (χ1n) is 5.76. The van der Waals surface area contributed by atoms with E-state index in [9.17, 15) is 14.4 Å². The summed E-state index contributed by atoms with van der Waals surface area (Å²) in [4.78, 5) is 43.7. The first-order chi connectivity index (χ1) is 9.95. The highest BCUT2D eigenvalue weighted by Crippen LogP contribution is 2.25. The molecule has 0 saturated carbocycles. The number of imide groups is 1. The van der Waals surface area contributed by atoms with E-state index in [2.05, 4.69) is 20.6 Å². The molecule has 0 bridgehead atoms. The fourth-order valence-electron chi connectivity index (χ4n) is 1.87. The first-order valence-corrected chi connectivity index (χ1v) is 6.96. The minimum absolute atomic E-state index is 0.00960. The molecule has 3 rings (SSSR count). The maximum atomic E-state index is 12.1. The Morgan fingerprint density at radius 1 is 1.29 bits per heavy atom. The van der Waals surface area contributed by atoms with Crippen LogP contribution in [0.15, 0.2) is 12.1 Å². The molecule has 2 aromatic rings. The Bertz CT molecular complexity index is 802. The summed E-state index contributed by atoms with van der Waals surface area (Å²) in [5, 5.41) is 4.63. The molecule has 0 radical (unpaired) electrons. The van der Waals surface area contributed by atoms with E-state index in [1.807, 2.05) is 0 Å². The number of anilines is 1. The maximum Gasteiger partial charge on any atom is 0.277 e. The average molecular weight is 323 g/mol. The van der Waals surface area contributed by atoms with E-state index >= 15 is 0 Å². The highest BCUT2D eigenvalue weighted by atomic mass is 35.5. The molecule has 0 spiro atoms. The number of carbonyl (C=O) groups excluding carboxylic acids is 3. The number of hydrogen-bond acceptors (Lipinski definition) is 6.